The van der Waals surface area contributed by atoms with Crippen LogP contribution < -0.4 is 5.32 Å². The summed E-state index contributed by atoms with van der Waals surface area (Å²) in [4.78, 5) is 8.95. The topological polar surface area (TPSA) is 51.0 Å². The van der Waals surface area contributed by atoms with Crippen LogP contribution in [0.3, 0.4) is 0 Å². The number of aromatic nitrogens is 2. The Morgan fingerprint density at radius 3 is 2.90 bits per heavy atom. The fourth-order valence-electron chi connectivity index (χ4n) is 2.07. The predicted molar refractivity (Wildman–Crippen MR) is 81.0 cm³/mol. The first-order valence-electron chi connectivity index (χ1n) is 6.69. The molecule has 0 amide bonds. The van der Waals surface area contributed by atoms with Crippen LogP contribution in [0.2, 0.25) is 0 Å². The third-order valence-corrected chi connectivity index (χ3v) is 4.09. The molecule has 104 valence electrons. The lowest BCUT2D eigenvalue weighted by Gasteiger charge is -2.07. The summed E-state index contributed by atoms with van der Waals surface area (Å²) < 4.78 is 5.77. The maximum absolute atomic E-state index is 5.77. The molecule has 0 aliphatic carbocycles. The van der Waals surface area contributed by atoms with E-state index in [2.05, 4.69) is 27.6 Å². The molecule has 1 aromatic carbocycles. The predicted octanol–water partition coefficient (Wildman–Crippen LogP) is 3.49. The minimum atomic E-state index is 0.239. The minimum absolute atomic E-state index is 0.239. The van der Waals surface area contributed by atoms with Gasteiger partial charge in [-0.05, 0) is 19.1 Å². The number of hydrogen-bond acceptors (Lipinski definition) is 5. The van der Waals surface area contributed by atoms with Gasteiger partial charge in [0.25, 0.3) is 0 Å². The Kier molecular flexibility index (Phi) is 3.80. The van der Waals surface area contributed by atoms with Gasteiger partial charge >= 0.3 is 0 Å². The van der Waals surface area contributed by atoms with Crippen molar-refractivity contribution in [1.29, 1.82) is 0 Å². The van der Waals surface area contributed by atoms with Gasteiger partial charge in [-0.25, -0.2) is 9.97 Å². The Bertz CT molecular complexity index is 671. The number of rotatable bonds is 5. The van der Waals surface area contributed by atoms with Crippen molar-refractivity contribution >= 4 is 22.4 Å². The van der Waals surface area contributed by atoms with Gasteiger partial charge in [-0.2, -0.15) is 0 Å². The molecule has 3 rings (SSSR count). The summed E-state index contributed by atoms with van der Waals surface area (Å²) in [7, 11) is 0. The average Bonchev–Trinajstić information content (AvgIpc) is 3.04. The Balaban J connectivity index is 1.59. The number of thiazole rings is 1. The van der Waals surface area contributed by atoms with E-state index >= 15 is 0 Å². The van der Waals surface area contributed by atoms with E-state index in [4.69, 9.17) is 4.42 Å². The zero-order valence-electron chi connectivity index (χ0n) is 11.6. The highest BCUT2D eigenvalue weighted by Gasteiger charge is 2.13. The zero-order chi connectivity index (χ0) is 13.9. The summed E-state index contributed by atoms with van der Waals surface area (Å²) in [6.45, 7) is 5.75. The van der Waals surface area contributed by atoms with E-state index in [-0.39, 0.29) is 5.92 Å². The zero-order valence-corrected chi connectivity index (χ0v) is 12.4. The molecular weight excluding hydrogens is 270 g/mol. The molecule has 2 heterocycles. The number of para-hydroxylation sites is 2. The van der Waals surface area contributed by atoms with Gasteiger partial charge in [-0.15, -0.1) is 11.3 Å². The summed E-state index contributed by atoms with van der Waals surface area (Å²) in [6.07, 6.45) is 0. The largest absolute Gasteiger partial charge is 0.440 e. The Morgan fingerprint density at radius 2 is 2.15 bits per heavy atom. The van der Waals surface area contributed by atoms with Crippen molar-refractivity contribution in [3.05, 3.63) is 46.2 Å². The van der Waals surface area contributed by atoms with E-state index in [1.807, 2.05) is 31.2 Å². The number of nitrogens with zero attached hydrogens (tertiary/aromatic N) is 2. The average molecular weight is 287 g/mol. The molecule has 4 nitrogen and oxygen atoms in total. The smallest absolute Gasteiger partial charge is 0.199 e. The van der Waals surface area contributed by atoms with Crippen LogP contribution in [0.25, 0.3) is 11.1 Å². The summed E-state index contributed by atoms with van der Waals surface area (Å²) in [5.41, 5.74) is 2.86. The molecule has 0 saturated heterocycles. The second kappa shape index (κ2) is 5.73. The van der Waals surface area contributed by atoms with E-state index in [1.165, 1.54) is 0 Å². The summed E-state index contributed by atoms with van der Waals surface area (Å²) >= 11 is 1.69. The molecule has 3 aromatic rings. The lowest BCUT2D eigenvalue weighted by molar-refractivity contribution is 0.466. The van der Waals surface area contributed by atoms with Gasteiger partial charge in [-0.1, -0.05) is 19.1 Å². The second-order valence-corrected chi connectivity index (χ2v) is 5.88. The van der Waals surface area contributed by atoms with Crippen molar-refractivity contribution in [2.24, 2.45) is 0 Å². The maximum Gasteiger partial charge on any atom is 0.199 e. The van der Waals surface area contributed by atoms with Crippen molar-refractivity contribution in [3.63, 3.8) is 0 Å². The molecule has 0 radical (unpaired) electrons. The third-order valence-electron chi connectivity index (χ3n) is 3.13. The maximum atomic E-state index is 5.77. The van der Waals surface area contributed by atoms with Gasteiger partial charge in [0.2, 0.25) is 0 Å². The van der Waals surface area contributed by atoms with Gasteiger partial charge in [-0.3, -0.25) is 0 Å². The van der Waals surface area contributed by atoms with Crippen LogP contribution in [0.5, 0.6) is 0 Å². The second-order valence-electron chi connectivity index (χ2n) is 4.93. The van der Waals surface area contributed by atoms with E-state index in [0.29, 0.717) is 0 Å². The fraction of sp³-hybridized carbons (Fsp3) is 0.333. The van der Waals surface area contributed by atoms with E-state index in [0.717, 1.165) is 40.8 Å². The third kappa shape index (κ3) is 2.89. The van der Waals surface area contributed by atoms with Gasteiger partial charge < -0.3 is 9.73 Å². The Morgan fingerprint density at radius 1 is 1.30 bits per heavy atom. The van der Waals surface area contributed by atoms with Crippen molar-refractivity contribution in [1.82, 2.24) is 15.3 Å². The fourth-order valence-corrected chi connectivity index (χ4v) is 2.81. The summed E-state index contributed by atoms with van der Waals surface area (Å²) in [5, 5.41) is 6.59. The molecular formula is C15H17N3OS. The lowest BCUT2D eigenvalue weighted by atomic mass is 10.2. The van der Waals surface area contributed by atoms with Crippen LogP contribution in [-0.2, 0) is 6.54 Å². The molecule has 0 saturated carbocycles. The first-order valence-corrected chi connectivity index (χ1v) is 7.57. The molecule has 0 spiro atoms. The molecule has 1 atom stereocenters. The quantitative estimate of drug-likeness (QED) is 0.780. The monoisotopic (exact) mass is 287 g/mol. The van der Waals surface area contributed by atoms with Crippen molar-refractivity contribution in [3.8, 4) is 0 Å². The highest BCUT2D eigenvalue weighted by atomic mass is 32.1. The number of benzene rings is 1. The first kappa shape index (κ1) is 13.3. The van der Waals surface area contributed by atoms with Crippen LogP contribution in [0.15, 0.2) is 34.1 Å². The van der Waals surface area contributed by atoms with Crippen LogP contribution in [0.4, 0.5) is 0 Å². The van der Waals surface area contributed by atoms with Crippen molar-refractivity contribution in [2.45, 2.75) is 26.3 Å². The van der Waals surface area contributed by atoms with E-state index in [9.17, 15) is 0 Å². The number of hydrogen-bond donors (Lipinski definition) is 1. The number of oxazole rings is 1. The first-order chi connectivity index (χ1) is 9.72. The van der Waals surface area contributed by atoms with E-state index < -0.39 is 0 Å². The number of aryl methyl sites for hydroxylation is 1. The van der Waals surface area contributed by atoms with Crippen molar-refractivity contribution in [2.75, 3.05) is 6.54 Å². The Labute approximate surface area is 121 Å². The van der Waals surface area contributed by atoms with Gasteiger partial charge in [0.15, 0.2) is 11.5 Å². The van der Waals surface area contributed by atoms with Crippen LogP contribution in [0.1, 0.15) is 29.4 Å². The van der Waals surface area contributed by atoms with E-state index in [1.54, 1.807) is 11.3 Å². The number of fused-ring (bicyclic) bond motifs is 1. The SMILES string of the molecule is Cc1csc(CNC[C@H](C)c2nc3ccccc3o2)n1. The summed E-state index contributed by atoms with van der Waals surface area (Å²) in [5.74, 6) is 1.03. The highest BCUT2D eigenvalue weighted by molar-refractivity contribution is 7.09. The molecule has 0 unspecified atom stereocenters. The summed E-state index contributed by atoms with van der Waals surface area (Å²) in [6, 6.07) is 7.86. The van der Waals surface area contributed by atoms with Crippen LogP contribution in [-0.4, -0.2) is 16.5 Å². The standard InChI is InChI=1S/C15H17N3OS/c1-10(7-16-8-14-17-11(2)9-20-14)15-18-12-5-3-4-6-13(12)19-15/h3-6,9-10,16H,7-8H2,1-2H3/t10-/m0/s1. The van der Waals surface area contributed by atoms with Gasteiger partial charge in [0.05, 0.1) is 0 Å². The normalized spacial score (nSPS) is 12.9. The molecule has 1 N–H and O–H groups in total. The van der Waals surface area contributed by atoms with Gasteiger partial charge in [0, 0.05) is 30.1 Å². The molecule has 0 bridgehead atoms. The van der Waals surface area contributed by atoms with Crippen molar-refractivity contribution < 1.29 is 4.42 Å². The highest BCUT2D eigenvalue weighted by Crippen LogP contribution is 2.20. The minimum Gasteiger partial charge on any atom is -0.440 e. The molecule has 5 heteroatoms. The number of nitrogens with one attached hydrogen (secondary N) is 1. The molecule has 0 aliphatic heterocycles. The van der Waals surface area contributed by atoms with Crippen LogP contribution in [0, 0.1) is 6.92 Å². The molecule has 2 aromatic heterocycles. The van der Waals surface area contributed by atoms with Gasteiger partial charge in [0.1, 0.15) is 10.5 Å². The van der Waals surface area contributed by atoms with Crippen LogP contribution >= 0.6 is 11.3 Å². The lowest BCUT2D eigenvalue weighted by Crippen LogP contribution is -2.19. The molecule has 0 fully saturated rings. The molecule has 0 aliphatic rings. The molecule has 20 heavy (non-hydrogen) atoms. The Hall–Kier alpha value is -1.72.